The molecule has 0 aliphatic rings. The van der Waals surface area contributed by atoms with Gasteiger partial charge in [-0.1, -0.05) is 49.5 Å². The van der Waals surface area contributed by atoms with Crippen molar-refractivity contribution in [2.75, 3.05) is 0 Å². The lowest BCUT2D eigenvalue weighted by molar-refractivity contribution is 0.481. The summed E-state index contributed by atoms with van der Waals surface area (Å²) in [5.41, 5.74) is 3.36. The molecule has 0 fully saturated rings. The third-order valence-corrected chi connectivity index (χ3v) is 5.02. The molecule has 0 aliphatic carbocycles. The molecule has 0 spiro atoms. The van der Waals surface area contributed by atoms with E-state index in [0.29, 0.717) is 5.02 Å². The van der Waals surface area contributed by atoms with Crippen LogP contribution in [-0.2, 0) is 5.33 Å². The first-order valence-electron chi connectivity index (χ1n) is 5.80. The zero-order chi connectivity index (χ0) is 14.0. The first kappa shape index (κ1) is 14.9. The second kappa shape index (κ2) is 6.29. The predicted molar refractivity (Wildman–Crippen MR) is 87.8 cm³/mol. The zero-order valence-corrected chi connectivity index (χ0v) is 14.6. The van der Waals surface area contributed by atoms with Gasteiger partial charge in [0.1, 0.15) is 11.5 Å². The van der Waals surface area contributed by atoms with E-state index in [0.717, 1.165) is 38.0 Å². The van der Waals surface area contributed by atoms with Crippen molar-refractivity contribution >= 4 is 43.5 Å². The lowest BCUT2D eigenvalue weighted by atomic mass is 10.1. The molecule has 19 heavy (non-hydrogen) atoms. The van der Waals surface area contributed by atoms with E-state index in [1.165, 1.54) is 0 Å². The Bertz CT molecular complexity index is 588. The molecule has 4 heteroatoms. The van der Waals surface area contributed by atoms with Crippen LogP contribution in [0.1, 0.15) is 16.7 Å². The van der Waals surface area contributed by atoms with Gasteiger partial charge in [-0.05, 0) is 54.8 Å². The van der Waals surface area contributed by atoms with Crippen molar-refractivity contribution in [3.05, 3.63) is 56.5 Å². The van der Waals surface area contributed by atoms with Crippen LogP contribution in [0.3, 0.4) is 0 Å². The topological polar surface area (TPSA) is 9.23 Å². The van der Waals surface area contributed by atoms with Gasteiger partial charge in [0.25, 0.3) is 0 Å². The van der Waals surface area contributed by atoms with E-state index in [4.69, 9.17) is 16.3 Å². The highest BCUT2D eigenvalue weighted by atomic mass is 79.9. The number of aryl methyl sites for hydroxylation is 2. The first-order chi connectivity index (χ1) is 9.01. The van der Waals surface area contributed by atoms with Crippen molar-refractivity contribution in [3.8, 4) is 11.5 Å². The minimum Gasteiger partial charge on any atom is -0.457 e. The molecule has 0 saturated heterocycles. The summed E-state index contributed by atoms with van der Waals surface area (Å²) in [7, 11) is 0. The van der Waals surface area contributed by atoms with E-state index in [9.17, 15) is 0 Å². The van der Waals surface area contributed by atoms with Crippen molar-refractivity contribution in [3.63, 3.8) is 0 Å². The summed E-state index contributed by atoms with van der Waals surface area (Å²) >= 11 is 13.1. The fourth-order valence-corrected chi connectivity index (χ4v) is 2.92. The Labute approximate surface area is 135 Å². The van der Waals surface area contributed by atoms with Crippen LogP contribution >= 0.6 is 43.5 Å². The van der Waals surface area contributed by atoms with Gasteiger partial charge in [-0.2, -0.15) is 0 Å². The molecular formula is C15H13Br2ClO. The maximum atomic E-state index is 6.17. The average molecular weight is 405 g/mol. The molecule has 0 saturated carbocycles. The van der Waals surface area contributed by atoms with E-state index >= 15 is 0 Å². The van der Waals surface area contributed by atoms with E-state index < -0.39 is 0 Å². The van der Waals surface area contributed by atoms with Crippen molar-refractivity contribution in [2.24, 2.45) is 0 Å². The average Bonchev–Trinajstić information content (AvgIpc) is 2.36. The number of halogens is 3. The number of alkyl halides is 1. The predicted octanol–water partition coefficient (Wildman–Crippen LogP) is 6.41. The van der Waals surface area contributed by atoms with E-state index in [1.807, 2.05) is 44.2 Å². The molecule has 2 aromatic rings. The summed E-state index contributed by atoms with van der Waals surface area (Å²) in [6, 6.07) is 9.73. The van der Waals surface area contributed by atoms with Crippen LogP contribution in [0, 0.1) is 13.8 Å². The summed E-state index contributed by atoms with van der Waals surface area (Å²) in [5, 5.41) is 1.45. The fraction of sp³-hybridized carbons (Fsp3) is 0.200. The Morgan fingerprint density at radius 3 is 2.21 bits per heavy atom. The molecule has 0 aliphatic heterocycles. The summed E-state index contributed by atoms with van der Waals surface area (Å²) < 4.78 is 6.97. The molecule has 2 rings (SSSR count). The minimum absolute atomic E-state index is 0.708. The van der Waals surface area contributed by atoms with Gasteiger partial charge in [0.15, 0.2) is 0 Å². The van der Waals surface area contributed by atoms with E-state index in [2.05, 4.69) is 31.9 Å². The molecule has 0 unspecified atom stereocenters. The highest BCUT2D eigenvalue weighted by Crippen LogP contribution is 2.31. The van der Waals surface area contributed by atoms with Crippen LogP contribution in [0.25, 0.3) is 0 Å². The summed E-state index contributed by atoms with van der Waals surface area (Å²) in [6.45, 7) is 4.09. The van der Waals surface area contributed by atoms with Crippen molar-refractivity contribution < 1.29 is 4.74 Å². The number of hydrogen-bond acceptors (Lipinski definition) is 1. The Kier molecular flexibility index (Phi) is 4.93. The molecule has 0 aromatic heterocycles. The van der Waals surface area contributed by atoms with Crippen molar-refractivity contribution in [1.29, 1.82) is 0 Å². The van der Waals surface area contributed by atoms with Crippen LogP contribution in [0.2, 0.25) is 5.02 Å². The standard InChI is InChI=1S/C15H13Br2ClO/c1-9-5-13(6-10(2)15(9)17)19-12-4-3-11(8-16)14(18)7-12/h3-7H,8H2,1-2H3. The minimum atomic E-state index is 0.708. The number of rotatable bonds is 3. The lowest BCUT2D eigenvalue weighted by Crippen LogP contribution is -1.89. The molecule has 0 atom stereocenters. The monoisotopic (exact) mass is 402 g/mol. The number of benzene rings is 2. The molecule has 0 N–H and O–H groups in total. The zero-order valence-electron chi connectivity index (χ0n) is 10.6. The van der Waals surface area contributed by atoms with Crippen LogP contribution in [0.4, 0.5) is 0 Å². The third-order valence-electron chi connectivity index (χ3n) is 2.81. The van der Waals surface area contributed by atoms with E-state index in [1.54, 1.807) is 0 Å². The molecule has 0 bridgehead atoms. The van der Waals surface area contributed by atoms with Crippen LogP contribution < -0.4 is 4.74 Å². The van der Waals surface area contributed by atoms with Gasteiger partial charge in [-0.3, -0.25) is 0 Å². The van der Waals surface area contributed by atoms with Crippen LogP contribution in [-0.4, -0.2) is 0 Å². The SMILES string of the molecule is Cc1cc(Oc2ccc(CBr)c(Cl)c2)cc(C)c1Br. The maximum Gasteiger partial charge on any atom is 0.128 e. The Balaban J connectivity index is 2.29. The lowest BCUT2D eigenvalue weighted by Gasteiger charge is -2.11. The number of hydrogen-bond donors (Lipinski definition) is 0. The summed E-state index contributed by atoms with van der Waals surface area (Å²) in [6.07, 6.45) is 0. The molecule has 100 valence electrons. The smallest absolute Gasteiger partial charge is 0.128 e. The number of ether oxygens (including phenoxy) is 1. The third kappa shape index (κ3) is 3.53. The van der Waals surface area contributed by atoms with Gasteiger partial charge in [0, 0.05) is 14.8 Å². The highest BCUT2D eigenvalue weighted by molar-refractivity contribution is 9.10. The summed E-state index contributed by atoms with van der Waals surface area (Å²) in [4.78, 5) is 0. The highest BCUT2D eigenvalue weighted by Gasteiger charge is 2.06. The molecular weight excluding hydrogens is 391 g/mol. The van der Waals surface area contributed by atoms with Crippen molar-refractivity contribution in [2.45, 2.75) is 19.2 Å². The molecule has 0 amide bonds. The Hall–Kier alpha value is -0.510. The maximum absolute atomic E-state index is 6.17. The largest absolute Gasteiger partial charge is 0.457 e. The first-order valence-corrected chi connectivity index (χ1v) is 8.09. The van der Waals surface area contributed by atoms with Gasteiger partial charge >= 0.3 is 0 Å². The van der Waals surface area contributed by atoms with Gasteiger partial charge in [0.05, 0.1) is 0 Å². The Morgan fingerprint density at radius 2 is 1.68 bits per heavy atom. The molecule has 0 radical (unpaired) electrons. The van der Waals surface area contributed by atoms with Gasteiger partial charge in [-0.15, -0.1) is 0 Å². The van der Waals surface area contributed by atoms with Crippen LogP contribution in [0.5, 0.6) is 11.5 Å². The second-order valence-corrected chi connectivity index (χ2v) is 6.12. The Morgan fingerprint density at radius 1 is 1.05 bits per heavy atom. The molecule has 1 nitrogen and oxygen atoms in total. The van der Waals surface area contributed by atoms with Gasteiger partial charge in [-0.25, -0.2) is 0 Å². The summed E-state index contributed by atoms with van der Waals surface area (Å²) in [5.74, 6) is 1.57. The molecule has 2 aromatic carbocycles. The normalized spacial score (nSPS) is 10.6. The van der Waals surface area contributed by atoms with Gasteiger partial charge in [0.2, 0.25) is 0 Å². The van der Waals surface area contributed by atoms with Crippen molar-refractivity contribution in [1.82, 2.24) is 0 Å². The fourth-order valence-electron chi connectivity index (χ4n) is 1.80. The van der Waals surface area contributed by atoms with E-state index in [-0.39, 0.29) is 0 Å². The molecule has 0 heterocycles. The second-order valence-electron chi connectivity index (χ2n) is 4.36. The van der Waals surface area contributed by atoms with Gasteiger partial charge < -0.3 is 4.74 Å². The van der Waals surface area contributed by atoms with Crippen LogP contribution in [0.15, 0.2) is 34.8 Å². The quantitative estimate of drug-likeness (QED) is 0.537.